The average Bonchev–Trinajstić information content (AvgIpc) is 0.578. The highest BCUT2D eigenvalue weighted by atomic mass is 16.8. The molecule has 10 heterocycles. The molecule has 0 aromatic carbocycles. The summed E-state index contributed by atoms with van der Waals surface area (Å²) >= 11 is 0. The Morgan fingerprint density at radius 3 is 1.12 bits per heavy atom. The van der Waals surface area contributed by atoms with Crippen molar-refractivity contribution in [3.05, 3.63) is 0 Å². The van der Waals surface area contributed by atoms with Crippen molar-refractivity contribution in [2.24, 2.45) is 0 Å². The van der Waals surface area contributed by atoms with Gasteiger partial charge in [-0.05, 0) is 6.92 Å². The SMILES string of the molecule is CC(=O)N[C@@H]1[C@H](O[C@@H]2[C@@H](O[C@@H]3[C@H](O)[C@H](O[C@H]4[C@H](O)[C@@H](NC(C)=O)[C@H](O[C@H]5[C@H](O)[C@@H](NC(C)=O)[C@H](O)O[C@@H]5CO[C@@H]5O[C@@H](C)[C@@H](O)[C@@H](O)[C@@H]5O)O[C@@H]4CO)O[C@H](CO[C@H]4O[C@H](CO)[C@@H](O)[C@H](O)[C@@H]4O[C@@H]4O[C@H](CO)[C@@H](O)[C@H](O)[C@H]4NC(C)=O)[C@H]3O)O[C@H](CO)[C@@H](O)[C@@H]2O)O[C@H](CO)[C@@H](O[C@@H]2O[C@H](CO[C@]3(C(=O)O)C[C@H](O)[C@@H](NC(C)=O)[C@H]([C@H](O)[C@H](O)CO)O3)[C@H](O)[C@H](O)[C@H]2NC(C)=O)[C@@H]1O. The Morgan fingerprint density at radius 1 is 0.321 bits per heavy atom. The molecule has 772 valence electrons. The van der Waals surface area contributed by atoms with E-state index < -0.39 is 420 Å². The molecule has 10 fully saturated rings. The fourth-order valence-electron chi connectivity index (χ4n) is 17.2. The van der Waals surface area contributed by atoms with Crippen LogP contribution in [0.5, 0.6) is 0 Å². The Kier molecular flexibility index (Phi) is 39.4. The summed E-state index contributed by atoms with van der Waals surface area (Å²) in [5, 5.41) is 318. The van der Waals surface area contributed by atoms with Gasteiger partial charge in [-0.15, -0.1) is 0 Å². The van der Waals surface area contributed by atoms with E-state index in [1.165, 1.54) is 6.92 Å². The van der Waals surface area contributed by atoms with E-state index in [0.717, 1.165) is 41.5 Å². The van der Waals surface area contributed by atoms with Crippen LogP contribution in [0.25, 0.3) is 0 Å². The Bertz CT molecular complexity index is 3800. The van der Waals surface area contributed by atoms with Gasteiger partial charge in [-0.25, -0.2) is 4.79 Å². The standard InChI is InChI=1S/C75H124N6O53/c1-18-41(96)53(108)56(111)70(119-18)116-16-34-60(50(105)36(65(113)120-34)77-20(3)89)129-68-39(80-23(6)92)52(107)59(31(14-87)124-68)130-71-57(112)62(47(102)32(127-71)15-117-72-63(54(109)44(99)28(11-84)122-72)132-66-37(78-21(4)90)48(103)43(98)27(10-83)121-66)131-73-64(55(110)45(100)29(12-85)123-73)133-69-40(81-24(7)93)51(106)58(30(13-86)125-69)128-67-38(79-22(5)91)49(104)46(101)33(126-67)17-118-75(74(114)115)8-25(94)35(76-19(2)88)61(134-75)42(97)26(95)9-82/h18,25-73,82-87,94-113H,8-17H2,1-7H3,(H,76,88)(H,77,89)(H,78,90)(H,79,91)(H,80,92)(H,81,93)(H,114,115)/t18-,25-,26+,27+,28+,29+,30+,31+,32+,33+,34+,35+,36+,37+,38+,39+,40-,41+,42+,43+,44+,45+,46-,47+,48+,49+,50+,51+,52+,53+,54-,55-,56-,57-,58+,59+,60+,61+,62-,63-,64-,65+,66-,67-,68-,69-,70+,71-,72-,73+,75+/m0/s1. The van der Waals surface area contributed by atoms with Gasteiger partial charge in [-0.1, -0.05) is 0 Å². The smallest absolute Gasteiger partial charge is 0.364 e. The molecule has 51 atom stereocenters. The number of nitrogens with one attached hydrogen (secondary N) is 6. The lowest BCUT2D eigenvalue weighted by Crippen LogP contribution is -2.71. The van der Waals surface area contributed by atoms with Crippen LogP contribution in [-0.4, -0.2) is 551 Å². The molecule has 10 aliphatic rings. The minimum Gasteiger partial charge on any atom is -0.477 e. The molecule has 0 aliphatic carbocycles. The molecule has 0 radical (unpaired) electrons. The van der Waals surface area contributed by atoms with Gasteiger partial charge in [0.05, 0.1) is 77.7 Å². The Balaban J connectivity index is 0.974. The highest BCUT2D eigenvalue weighted by molar-refractivity contribution is 5.77. The molecule has 0 bridgehead atoms. The van der Waals surface area contributed by atoms with Crippen LogP contribution in [0.15, 0.2) is 0 Å². The number of hydrogen-bond acceptors (Lipinski definition) is 52. The van der Waals surface area contributed by atoms with Gasteiger partial charge < -0.3 is 260 Å². The number of aliphatic hydroxyl groups is 26. The zero-order valence-electron chi connectivity index (χ0n) is 72.6. The lowest BCUT2D eigenvalue weighted by molar-refractivity contribution is -0.398. The lowest BCUT2D eigenvalue weighted by atomic mass is 9.88. The number of carbonyl (C=O) groups excluding carboxylic acids is 6. The first kappa shape index (κ1) is 110. The normalized spacial score (nSPS) is 46.7. The molecule has 0 spiro atoms. The van der Waals surface area contributed by atoms with E-state index in [-0.39, 0.29) is 0 Å². The van der Waals surface area contributed by atoms with Crippen molar-refractivity contribution in [3.63, 3.8) is 0 Å². The predicted octanol–water partition coefficient (Wildman–Crippen LogP) is -21.7. The number of carbonyl (C=O) groups is 7. The van der Waals surface area contributed by atoms with Crippen LogP contribution in [0.4, 0.5) is 0 Å². The molecule has 10 saturated heterocycles. The summed E-state index contributed by atoms with van der Waals surface area (Å²) in [5.74, 6) is -10.8. The molecule has 0 aromatic rings. The van der Waals surface area contributed by atoms with Crippen molar-refractivity contribution in [2.45, 2.75) is 367 Å². The minimum atomic E-state index is -3.12. The van der Waals surface area contributed by atoms with E-state index in [1.54, 1.807) is 0 Å². The van der Waals surface area contributed by atoms with Crippen LogP contribution in [0, 0.1) is 0 Å². The molecule has 59 heteroatoms. The first-order valence-corrected chi connectivity index (χ1v) is 42.6. The zero-order chi connectivity index (χ0) is 99.2. The van der Waals surface area contributed by atoms with Gasteiger partial charge in [0, 0.05) is 48.0 Å². The van der Waals surface area contributed by atoms with Crippen LogP contribution >= 0.6 is 0 Å². The molecule has 0 saturated carbocycles. The quantitative estimate of drug-likeness (QED) is 0.0277. The van der Waals surface area contributed by atoms with Gasteiger partial charge in [0.1, 0.15) is 232 Å². The maximum absolute atomic E-state index is 13.4. The molecular weight excluding hydrogens is 1830 g/mol. The van der Waals surface area contributed by atoms with Gasteiger partial charge in [0.2, 0.25) is 35.4 Å². The van der Waals surface area contributed by atoms with Crippen LogP contribution in [0.1, 0.15) is 54.9 Å². The number of aliphatic carboxylic acids is 1. The molecule has 134 heavy (non-hydrogen) atoms. The second kappa shape index (κ2) is 47.8. The van der Waals surface area contributed by atoms with Gasteiger partial charge in [-0.2, -0.15) is 0 Å². The Morgan fingerprint density at radius 2 is 0.664 bits per heavy atom. The van der Waals surface area contributed by atoms with Gasteiger partial charge in [0.15, 0.2) is 56.6 Å². The van der Waals surface area contributed by atoms with Crippen molar-refractivity contribution < 1.29 is 261 Å². The minimum absolute atomic E-state index is 0.855. The lowest BCUT2D eigenvalue weighted by Gasteiger charge is -2.51. The van der Waals surface area contributed by atoms with Crippen LogP contribution < -0.4 is 31.9 Å². The topological polar surface area (TPSA) is 913 Å². The third kappa shape index (κ3) is 25.0. The molecule has 10 aliphatic heterocycles. The molecule has 33 N–H and O–H groups in total. The summed E-state index contributed by atoms with van der Waals surface area (Å²) in [6, 6.07) is -11.4. The molecule has 59 nitrogen and oxygen atoms in total. The van der Waals surface area contributed by atoms with Crippen LogP contribution in [-0.2, 0) is 124 Å². The van der Waals surface area contributed by atoms with Crippen molar-refractivity contribution in [3.8, 4) is 0 Å². The predicted molar refractivity (Wildman–Crippen MR) is 415 cm³/mol. The monoisotopic (exact) mass is 1960 g/mol. The number of amides is 6. The second-order valence-corrected chi connectivity index (χ2v) is 33.9. The van der Waals surface area contributed by atoms with E-state index in [0.29, 0.717) is 0 Å². The third-order valence-corrected chi connectivity index (χ3v) is 24.2. The molecule has 10 rings (SSSR count). The summed E-state index contributed by atoms with van der Waals surface area (Å²) in [4.78, 5) is 89.9. The highest BCUT2D eigenvalue weighted by Gasteiger charge is 2.63. The van der Waals surface area contributed by atoms with Crippen molar-refractivity contribution in [2.75, 3.05) is 59.5 Å². The van der Waals surface area contributed by atoms with E-state index in [2.05, 4.69) is 31.9 Å². The number of aliphatic hydroxyl groups excluding tert-OH is 26. The molecular formula is C75H124N6O53. The molecule has 0 unspecified atom stereocenters. The molecule has 6 amide bonds. The van der Waals surface area contributed by atoms with E-state index in [9.17, 15) is 171 Å². The average molecular weight is 1960 g/mol. The van der Waals surface area contributed by atoms with Gasteiger partial charge in [0.25, 0.3) is 5.79 Å². The largest absolute Gasteiger partial charge is 0.477 e. The Hall–Kier alpha value is -5.51. The fourth-order valence-corrected chi connectivity index (χ4v) is 17.2. The number of rotatable bonds is 36. The summed E-state index contributed by atoms with van der Waals surface area (Å²) < 4.78 is 114. The van der Waals surface area contributed by atoms with E-state index in [4.69, 9.17) is 90.0 Å². The number of hydrogen-bond donors (Lipinski definition) is 33. The third-order valence-electron chi connectivity index (χ3n) is 24.2. The molecule has 0 aromatic heterocycles. The maximum atomic E-state index is 13.4. The number of carboxylic acid groups (broad SMARTS) is 1. The first-order chi connectivity index (χ1) is 63.1. The van der Waals surface area contributed by atoms with Crippen molar-refractivity contribution in [1.29, 1.82) is 0 Å². The summed E-state index contributed by atoms with van der Waals surface area (Å²) in [6.45, 7) is -3.60. The van der Waals surface area contributed by atoms with Gasteiger partial charge >= 0.3 is 5.97 Å². The van der Waals surface area contributed by atoms with E-state index >= 15 is 0 Å². The maximum Gasteiger partial charge on any atom is 0.364 e. The summed E-state index contributed by atoms with van der Waals surface area (Å²) in [5.41, 5.74) is 0. The highest BCUT2D eigenvalue weighted by Crippen LogP contribution is 2.42. The van der Waals surface area contributed by atoms with Crippen molar-refractivity contribution in [1.82, 2.24) is 31.9 Å². The fraction of sp³-hybridized carbons (Fsp3) is 0.907. The van der Waals surface area contributed by atoms with Crippen LogP contribution in [0.2, 0.25) is 0 Å². The second-order valence-electron chi connectivity index (χ2n) is 33.9. The first-order valence-electron chi connectivity index (χ1n) is 42.6. The number of carboxylic acids is 1. The zero-order valence-corrected chi connectivity index (χ0v) is 72.6. The van der Waals surface area contributed by atoms with Crippen molar-refractivity contribution >= 4 is 41.4 Å². The summed E-state index contributed by atoms with van der Waals surface area (Å²) in [6.07, 6.45) is -95.1. The summed E-state index contributed by atoms with van der Waals surface area (Å²) in [7, 11) is 0. The Labute approximate surface area is 759 Å². The van der Waals surface area contributed by atoms with Gasteiger partial charge in [-0.3, -0.25) is 28.8 Å². The van der Waals surface area contributed by atoms with Crippen LogP contribution in [0.3, 0.4) is 0 Å². The van der Waals surface area contributed by atoms with E-state index in [1.807, 2.05) is 0 Å². The number of ether oxygens (including phenoxy) is 19.